The van der Waals surface area contributed by atoms with Gasteiger partial charge >= 0.3 is 0 Å². The number of hydrogen-bond donors (Lipinski definition) is 0. The van der Waals surface area contributed by atoms with E-state index in [0.717, 1.165) is 25.1 Å². The molecule has 1 aliphatic rings. The molecule has 3 heteroatoms. The van der Waals surface area contributed by atoms with Crippen LogP contribution in [0.4, 0.5) is 0 Å². The molecule has 86 valence electrons. The maximum absolute atomic E-state index is 12.2. The Morgan fingerprint density at radius 2 is 2.12 bits per heavy atom. The Morgan fingerprint density at radius 1 is 1.38 bits per heavy atom. The van der Waals surface area contributed by atoms with Crippen LogP contribution in [0.3, 0.4) is 0 Å². The van der Waals surface area contributed by atoms with Crippen LogP contribution in [-0.2, 0) is 4.74 Å². The van der Waals surface area contributed by atoms with Gasteiger partial charge in [-0.1, -0.05) is 18.2 Å². The van der Waals surface area contributed by atoms with Crippen molar-refractivity contribution in [1.82, 2.24) is 4.90 Å². The van der Waals surface area contributed by atoms with Gasteiger partial charge in [0.2, 0.25) is 0 Å². The molecule has 1 unspecified atom stereocenters. The van der Waals surface area contributed by atoms with E-state index in [1.54, 1.807) is 0 Å². The number of amides is 1. The maximum atomic E-state index is 12.2. The minimum Gasteiger partial charge on any atom is -0.377 e. The van der Waals surface area contributed by atoms with Crippen molar-refractivity contribution in [3.8, 4) is 0 Å². The van der Waals surface area contributed by atoms with E-state index in [-0.39, 0.29) is 12.0 Å². The topological polar surface area (TPSA) is 29.5 Å². The highest BCUT2D eigenvalue weighted by Crippen LogP contribution is 2.10. The molecule has 3 nitrogen and oxygen atoms in total. The summed E-state index contributed by atoms with van der Waals surface area (Å²) in [6.45, 7) is 4.24. The zero-order valence-electron chi connectivity index (χ0n) is 9.56. The second-order valence-electron chi connectivity index (χ2n) is 4.15. The molecule has 0 aromatic heterocycles. The van der Waals surface area contributed by atoms with Crippen molar-refractivity contribution >= 4 is 5.91 Å². The first-order valence-electron chi connectivity index (χ1n) is 5.73. The summed E-state index contributed by atoms with van der Waals surface area (Å²) >= 11 is 0. The average Bonchev–Trinajstić information content (AvgIpc) is 2.54. The highest BCUT2D eigenvalue weighted by atomic mass is 16.5. The van der Waals surface area contributed by atoms with Crippen LogP contribution in [0.1, 0.15) is 23.7 Å². The van der Waals surface area contributed by atoms with Gasteiger partial charge in [-0.3, -0.25) is 4.79 Å². The molecular formula is C13H17NO2. The molecule has 1 fully saturated rings. The molecular weight excluding hydrogens is 202 g/mol. The van der Waals surface area contributed by atoms with Crippen molar-refractivity contribution in [3.63, 3.8) is 0 Å². The highest BCUT2D eigenvalue weighted by molar-refractivity contribution is 5.94. The van der Waals surface area contributed by atoms with Crippen LogP contribution in [0.5, 0.6) is 0 Å². The fourth-order valence-corrected chi connectivity index (χ4v) is 1.94. The number of hydrogen-bond acceptors (Lipinski definition) is 2. The van der Waals surface area contributed by atoms with E-state index in [2.05, 4.69) is 0 Å². The van der Waals surface area contributed by atoms with Crippen molar-refractivity contribution < 1.29 is 9.53 Å². The summed E-state index contributed by atoms with van der Waals surface area (Å²) in [6.07, 6.45) is 1.05. The maximum Gasteiger partial charge on any atom is 0.253 e. The molecule has 1 heterocycles. The molecule has 1 atom stereocenters. The third-order valence-electron chi connectivity index (χ3n) is 2.76. The van der Waals surface area contributed by atoms with Crippen LogP contribution in [0.25, 0.3) is 0 Å². The fraction of sp³-hybridized carbons (Fsp3) is 0.462. The largest absolute Gasteiger partial charge is 0.377 e. The van der Waals surface area contributed by atoms with Crippen LogP contribution in [0.2, 0.25) is 0 Å². The number of benzene rings is 1. The first-order valence-corrected chi connectivity index (χ1v) is 5.73. The first-order chi connectivity index (χ1) is 7.77. The van der Waals surface area contributed by atoms with Crippen LogP contribution in [0.15, 0.2) is 30.3 Å². The zero-order chi connectivity index (χ0) is 11.4. The fourth-order valence-electron chi connectivity index (χ4n) is 1.94. The Hall–Kier alpha value is -1.35. The van der Waals surface area contributed by atoms with Crippen molar-refractivity contribution in [2.75, 3.05) is 19.7 Å². The van der Waals surface area contributed by atoms with Gasteiger partial charge in [0, 0.05) is 25.3 Å². The summed E-state index contributed by atoms with van der Waals surface area (Å²) in [5, 5.41) is 0. The second kappa shape index (κ2) is 5.12. The quantitative estimate of drug-likeness (QED) is 0.722. The minimum absolute atomic E-state index is 0.109. The predicted octanol–water partition coefficient (Wildman–Crippen LogP) is 1.94. The van der Waals surface area contributed by atoms with Crippen molar-refractivity contribution in [1.29, 1.82) is 0 Å². The van der Waals surface area contributed by atoms with Gasteiger partial charge in [-0.25, -0.2) is 0 Å². The van der Waals surface area contributed by atoms with Gasteiger partial charge in [-0.15, -0.1) is 0 Å². The molecule has 0 bridgehead atoms. The molecule has 1 saturated heterocycles. The van der Waals surface area contributed by atoms with E-state index >= 15 is 0 Å². The van der Waals surface area contributed by atoms with Gasteiger partial charge in [0.25, 0.3) is 5.91 Å². The molecule has 1 amide bonds. The third kappa shape index (κ3) is 2.61. The molecule has 1 aliphatic heterocycles. The average molecular weight is 219 g/mol. The van der Waals surface area contributed by atoms with E-state index in [1.807, 2.05) is 42.2 Å². The normalized spacial score (nSPS) is 21.6. The molecule has 0 aliphatic carbocycles. The lowest BCUT2D eigenvalue weighted by Gasteiger charge is -2.22. The van der Waals surface area contributed by atoms with Crippen LogP contribution in [0, 0.1) is 0 Å². The summed E-state index contributed by atoms with van der Waals surface area (Å²) in [5.41, 5.74) is 0.761. The van der Waals surface area contributed by atoms with Crippen LogP contribution in [-0.4, -0.2) is 36.6 Å². The molecule has 0 spiro atoms. The van der Waals surface area contributed by atoms with Gasteiger partial charge in [0.15, 0.2) is 0 Å². The summed E-state index contributed by atoms with van der Waals surface area (Å²) in [7, 11) is 0. The second-order valence-corrected chi connectivity index (χ2v) is 4.15. The lowest BCUT2D eigenvalue weighted by molar-refractivity contribution is 0.0563. The van der Waals surface area contributed by atoms with E-state index in [9.17, 15) is 4.79 Å². The summed E-state index contributed by atoms with van der Waals surface area (Å²) in [5.74, 6) is 0.109. The summed E-state index contributed by atoms with van der Waals surface area (Å²) in [6, 6.07) is 9.43. The lowest BCUT2D eigenvalue weighted by atomic mass is 10.2. The van der Waals surface area contributed by atoms with Gasteiger partial charge in [-0.05, 0) is 25.5 Å². The Balaban J connectivity index is 2.09. The molecule has 16 heavy (non-hydrogen) atoms. The first kappa shape index (κ1) is 11.1. The van der Waals surface area contributed by atoms with E-state index in [4.69, 9.17) is 4.74 Å². The summed E-state index contributed by atoms with van der Waals surface area (Å²) < 4.78 is 5.53. The Kier molecular flexibility index (Phi) is 3.57. The van der Waals surface area contributed by atoms with Crippen LogP contribution < -0.4 is 0 Å². The highest BCUT2D eigenvalue weighted by Gasteiger charge is 2.20. The monoisotopic (exact) mass is 219 g/mol. The van der Waals surface area contributed by atoms with Crippen LogP contribution >= 0.6 is 0 Å². The SMILES string of the molecule is CC1CN(C(=O)c2ccccc2)CCCO1. The molecule has 0 saturated carbocycles. The minimum atomic E-state index is 0.109. The number of ether oxygens (including phenoxy) is 1. The van der Waals surface area contributed by atoms with Gasteiger partial charge in [0.1, 0.15) is 0 Å². The van der Waals surface area contributed by atoms with Gasteiger partial charge < -0.3 is 9.64 Å². The van der Waals surface area contributed by atoms with Gasteiger partial charge in [0.05, 0.1) is 6.10 Å². The van der Waals surface area contributed by atoms with Crippen molar-refractivity contribution in [3.05, 3.63) is 35.9 Å². The standard InChI is InChI=1S/C13H17NO2/c1-11-10-14(8-5-9-16-11)13(15)12-6-3-2-4-7-12/h2-4,6-7,11H,5,8-10H2,1H3. The zero-order valence-corrected chi connectivity index (χ0v) is 9.56. The van der Waals surface area contributed by atoms with Crippen molar-refractivity contribution in [2.45, 2.75) is 19.4 Å². The van der Waals surface area contributed by atoms with Crippen molar-refractivity contribution in [2.24, 2.45) is 0 Å². The predicted molar refractivity (Wildman–Crippen MR) is 62.4 cm³/mol. The number of carbonyl (C=O) groups excluding carboxylic acids is 1. The van der Waals surface area contributed by atoms with Gasteiger partial charge in [-0.2, -0.15) is 0 Å². The molecule has 0 radical (unpaired) electrons. The summed E-state index contributed by atoms with van der Waals surface area (Å²) in [4.78, 5) is 14.1. The Bertz CT molecular complexity index is 350. The Labute approximate surface area is 96.0 Å². The molecule has 2 rings (SSSR count). The smallest absolute Gasteiger partial charge is 0.253 e. The molecule has 1 aromatic carbocycles. The van der Waals surface area contributed by atoms with E-state index < -0.39 is 0 Å². The number of carbonyl (C=O) groups is 1. The third-order valence-corrected chi connectivity index (χ3v) is 2.76. The van der Waals surface area contributed by atoms with E-state index in [0.29, 0.717) is 6.54 Å². The number of nitrogens with zero attached hydrogens (tertiary/aromatic N) is 1. The molecule has 1 aromatic rings. The lowest BCUT2D eigenvalue weighted by Crippen LogP contribution is -2.35. The van der Waals surface area contributed by atoms with E-state index in [1.165, 1.54) is 0 Å². The molecule has 0 N–H and O–H groups in total. The Morgan fingerprint density at radius 3 is 2.88 bits per heavy atom. The number of rotatable bonds is 1.